The van der Waals surface area contributed by atoms with Gasteiger partial charge in [-0.25, -0.2) is 9.55 Å². The molecule has 9 heteroatoms. The Hall–Kier alpha value is -4.63. The summed E-state index contributed by atoms with van der Waals surface area (Å²) in [6, 6.07) is 25.8. The van der Waals surface area contributed by atoms with Crippen LogP contribution >= 0.6 is 0 Å². The van der Waals surface area contributed by atoms with E-state index < -0.39 is 0 Å². The van der Waals surface area contributed by atoms with E-state index in [1.54, 1.807) is 13.3 Å². The van der Waals surface area contributed by atoms with Gasteiger partial charge in [-0.15, -0.1) is 0 Å². The minimum Gasteiger partial charge on any atom is -0.493 e. The second-order valence-electron chi connectivity index (χ2n) is 8.48. The van der Waals surface area contributed by atoms with E-state index in [0.29, 0.717) is 29.3 Å². The molecule has 3 heterocycles. The molecule has 1 N–H and O–H groups in total. The molecule has 5 aromatic rings. The van der Waals surface area contributed by atoms with E-state index in [1.165, 1.54) is 5.69 Å². The average Bonchev–Trinajstić information content (AvgIpc) is 3.32. The fourth-order valence-electron chi connectivity index (χ4n) is 4.34. The molecule has 9 nitrogen and oxygen atoms in total. The molecule has 1 saturated heterocycles. The first-order valence-electron chi connectivity index (χ1n) is 12.1. The van der Waals surface area contributed by atoms with Crippen LogP contribution in [0.15, 0.2) is 85.1 Å². The molecule has 0 atom stereocenters. The number of imidazole rings is 1. The number of hydrogen-bond acceptors (Lipinski definition) is 8. The molecule has 1 aliphatic heterocycles. The Balaban J connectivity index is 1.31. The van der Waals surface area contributed by atoms with Gasteiger partial charge in [0.15, 0.2) is 11.5 Å². The van der Waals surface area contributed by atoms with Crippen molar-refractivity contribution in [3.63, 3.8) is 0 Å². The molecule has 6 rings (SSSR count). The highest BCUT2D eigenvalue weighted by atomic mass is 16.5. The Morgan fingerprint density at radius 1 is 0.838 bits per heavy atom. The Morgan fingerprint density at radius 2 is 1.59 bits per heavy atom. The largest absolute Gasteiger partial charge is 0.493 e. The first-order chi connectivity index (χ1) is 18.3. The zero-order valence-corrected chi connectivity index (χ0v) is 20.4. The second-order valence-corrected chi connectivity index (χ2v) is 8.48. The Morgan fingerprint density at radius 3 is 2.41 bits per heavy atom. The summed E-state index contributed by atoms with van der Waals surface area (Å²) >= 11 is 0. The van der Waals surface area contributed by atoms with Gasteiger partial charge in [0.2, 0.25) is 5.95 Å². The fraction of sp³-hybridized carbons (Fsp3) is 0.179. The van der Waals surface area contributed by atoms with E-state index in [0.717, 1.165) is 43.0 Å². The van der Waals surface area contributed by atoms with Crippen molar-refractivity contribution >= 4 is 28.4 Å². The van der Waals surface area contributed by atoms with Crippen LogP contribution in [0.2, 0.25) is 0 Å². The van der Waals surface area contributed by atoms with Crippen molar-refractivity contribution in [3.8, 4) is 23.3 Å². The third kappa shape index (κ3) is 4.76. The van der Waals surface area contributed by atoms with Crippen molar-refractivity contribution in [2.45, 2.75) is 0 Å². The van der Waals surface area contributed by atoms with E-state index in [1.807, 2.05) is 71.3 Å². The number of fused-ring (bicyclic) bond motifs is 1. The molecule has 0 radical (unpaired) electrons. The number of morpholine rings is 1. The van der Waals surface area contributed by atoms with E-state index in [-0.39, 0.29) is 0 Å². The second kappa shape index (κ2) is 10.2. The smallest absolute Gasteiger partial charge is 0.309 e. The Kier molecular flexibility index (Phi) is 6.26. The molecule has 0 amide bonds. The van der Waals surface area contributed by atoms with Gasteiger partial charge in [0, 0.05) is 36.7 Å². The summed E-state index contributed by atoms with van der Waals surface area (Å²) in [5.74, 6) is 2.28. The minimum absolute atomic E-state index is 0.380. The molecule has 2 aromatic heterocycles. The van der Waals surface area contributed by atoms with Crippen LogP contribution in [0.3, 0.4) is 0 Å². The highest BCUT2D eigenvalue weighted by Gasteiger charge is 2.18. The van der Waals surface area contributed by atoms with Crippen molar-refractivity contribution in [1.82, 2.24) is 19.5 Å². The molecule has 3 aromatic carbocycles. The van der Waals surface area contributed by atoms with Crippen molar-refractivity contribution in [2.24, 2.45) is 0 Å². The summed E-state index contributed by atoms with van der Waals surface area (Å²) in [6.45, 7) is 3.31. The van der Waals surface area contributed by atoms with Gasteiger partial charge in [0.1, 0.15) is 5.82 Å². The summed E-state index contributed by atoms with van der Waals surface area (Å²) in [4.78, 5) is 16.3. The average molecular weight is 495 g/mol. The van der Waals surface area contributed by atoms with Crippen molar-refractivity contribution in [1.29, 1.82) is 0 Å². The van der Waals surface area contributed by atoms with Gasteiger partial charge in [0.25, 0.3) is 0 Å². The molecule has 1 fully saturated rings. The predicted molar refractivity (Wildman–Crippen MR) is 142 cm³/mol. The van der Waals surface area contributed by atoms with Gasteiger partial charge >= 0.3 is 6.01 Å². The van der Waals surface area contributed by atoms with Gasteiger partial charge in [-0.1, -0.05) is 24.3 Å². The first kappa shape index (κ1) is 22.8. The van der Waals surface area contributed by atoms with Crippen LogP contribution in [0.4, 0.5) is 17.3 Å². The maximum Gasteiger partial charge on any atom is 0.309 e. The quantitative estimate of drug-likeness (QED) is 0.331. The molecule has 0 aliphatic carbocycles. The van der Waals surface area contributed by atoms with Crippen molar-refractivity contribution in [2.75, 3.05) is 43.6 Å². The van der Waals surface area contributed by atoms with Gasteiger partial charge in [0.05, 0.1) is 31.4 Å². The molecular formula is C28H26N6O3. The number of para-hydroxylation sites is 4. The lowest BCUT2D eigenvalue weighted by atomic mass is 10.2. The molecule has 37 heavy (non-hydrogen) atoms. The SMILES string of the molecule is COc1ccccc1Oc1nc2ccccc2n1-c1ccnc(Nc2ccc(N3CCOCC3)cc2)n1. The summed E-state index contributed by atoms with van der Waals surface area (Å²) in [5.41, 5.74) is 3.73. The number of hydrogen-bond donors (Lipinski definition) is 1. The lowest BCUT2D eigenvalue weighted by Gasteiger charge is -2.28. The van der Waals surface area contributed by atoms with Crippen LogP contribution in [-0.2, 0) is 4.74 Å². The summed E-state index contributed by atoms with van der Waals surface area (Å²) in [5, 5.41) is 3.31. The minimum atomic E-state index is 0.380. The lowest BCUT2D eigenvalue weighted by Crippen LogP contribution is -2.36. The lowest BCUT2D eigenvalue weighted by molar-refractivity contribution is 0.122. The van der Waals surface area contributed by atoms with Crippen LogP contribution in [0.5, 0.6) is 17.5 Å². The highest BCUT2D eigenvalue weighted by Crippen LogP contribution is 2.34. The number of nitrogens with zero attached hydrogens (tertiary/aromatic N) is 5. The number of ether oxygens (including phenoxy) is 3. The van der Waals surface area contributed by atoms with Gasteiger partial charge in [-0.2, -0.15) is 9.97 Å². The molecule has 1 aliphatic rings. The van der Waals surface area contributed by atoms with Crippen molar-refractivity contribution in [3.05, 3.63) is 85.1 Å². The maximum atomic E-state index is 6.23. The van der Waals surface area contributed by atoms with E-state index in [4.69, 9.17) is 24.2 Å². The number of anilines is 3. The fourth-order valence-corrected chi connectivity index (χ4v) is 4.34. The summed E-state index contributed by atoms with van der Waals surface area (Å²) < 4.78 is 19.0. The van der Waals surface area contributed by atoms with Gasteiger partial charge in [-0.3, -0.25) is 0 Å². The zero-order chi connectivity index (χ0) is 25.0. The zero-order valence-electron chi connectivity index (χ0n) is 20.4. The normalized spacial score (nSPS) is 13.5. The molecular weight excluding hydrogens is 468 g/mol. The molecule has 0 unspecified atom stereocenters. The highest BCUT2D eigenvalue weighted by molar-refractivity contribution is 5.79. The van der Waals surface area contributed by atoms with Crippen LogP contribution < -0.4 is 19.7 Å². The maximum absolute atomic E-state index is 6.23. The standard InChI is InChI=1S/C28H26N6O3/c1-35-24-8-4-5-9-25(24)37-28-31-22-6-2-3-7-23(22)34(28)26-14-15-29-27(32-26)30-20-10-12-21(13-11-20)33-16-18-36-19-17-33/h2-15H,16-19H2,1H3,(H,29,30,32). The molecule has 0 spiro atoms. The monoisotopic (exact) mass is 494 g/mol. The summed E-state index contributed by atoms with van der Waals surface area (Å²) in [7, 11) is 1.61. The molecule has 0 bridgehead atoms. The Labute approximate surface area is 214 Å². The topological polar surface area (TPSA) is 86.6 Å². The van der Waals surface area contributed by atoms with E-state index in [2.05, 4.69) is 27.3 Å². The van der Waals surface area contributed by atoms with Gasteiger partial charge < -0.3 is 24.4 Å². The van der Waals surface area contributed by atoms with E-state index in [9.17, 15) is 0 Å². The number of rotatable bonds is 7. The van der Waals surface area contributed by atoms with Crippen molar-refractivity contribution < 1.29 is 14.2 Å². The van der Waals surface area contributed by atoms with Crippen LogP contribution in [-0.4, -0.2) is 52.9 Å². The number of nitrogens with one attached hydrogen (secondary N) is 1. The number of aromatic nitrogens is 4. The third-order valence-electron chi connectivity index (χ3n) is 6.17. The number of benzene rings is 3. The predicted octanol–water partition coefficient (Wildman–Crippen LogP) is 5.20. The first-order valence-corrected chi connectivity index (χ1v) is 12.1. The van der Waals surface area contributed by atoms with Gasteiger partial charge in [-0.05, 0) is 48.5 Å². The van der Waals surface area contributed by atoms with Crippen LogP contribution in [0.1, 0.15) is 0 Å². The number of methoxy groups -OCH3 is 1. The van der Waals surface area contributed by atoms with E-state index >= 15 is 0 Å². The van der Waals surface area contributed by atoms with Crippen LogP contribution in [0.25, 0.3) is 16.9 Å². The van der Waals surface area contributed by atoms with Crippen LogP contribution in [0, 0.1) is 0 Å². The summed E-state index contributed by atoms with van der Waals surface area (Å²) in [6.07, 6.45) is 1.72. The molecule has 186 valence electrons. The third-order valence-corrected chi connectivity index (χ3v) is 6.17. The Bertz CT molecular complexity index is 1510. The molecule has 0 saturated carbocycles.